The molecular weight excluding hydrogens is 493 g/mol. The van der Waals surface area contributed by atoms with E-state index in [1.165, 1.54) is 29.2 Å². The van der Waals surface area contributed by atoms with Gasteiger partial charge in [-0.2, -0.15) is 4.37 Å². The molecule has 1 saturated carbocycles. The Bertz CT molecular complexity index is 1320. The first-order valence-corrected chi connectivity index (χ1v) is 13.0. The van der Waals surface area contributed by atoms with Gasteiger partial charge >= 0.3 is 0 Å². The van der Waals surface area contributed by atoms with Gasteiger partial charge in [-0.3, -0.25) is 19.3 Å². The smallest absolute Gasteiger partial charge is 0.273 e. The quantitative estimate of drug-likeness (QED) is 0.422. The van der Waals surface area contributed by atoms with E-state index in [9.17, 15) is 18.8 Å². The molecule has 10 heteroatoms. The highest BCUT2D eigenvalue weighted by molar-refractivity contribution is 7.09. The SMILES string of the molecule is Cc1ccc(N(C(=O)c2snc(C(N)=O)c2N)[C@H](C(=O)NC2CCCCC2)c2ccc(F)cc2)cc1C. The predicted octanol–water partition coefficient (Wildman–Crippen LogP) is 4.42. The van der Waals surface area contributed by atoms with Gasteiger partial charge in [0.05, 0.1) is 5.69 Å². The van der Waals surface area contributed by atoms with Crippen LogP contribution in [0.25, 0.3) is 0 Å². The van der Waals surface area contributed by atoms with Crippen molar-refractivity contribution in [1.29, 1.82) is 0 Å². The van der Waals surface area contributed by atoms with Crippen LogP contribution in [0.5, 0.6) is 0 Å². The molecule has 3 aromatic rings. The van der Waals surface area contributed by atoms with Crippen LogP contribution in [0.15, 0.2) is 42.5 Å². The van der Waals surface area contributed by atoms with Crippen molar-refractivity contribution in [3.05, 3.63) is 75.5 Å². The van der Waals surface area contributed by atoms with E-state index in [0.29, 0.717) is 11.3 Å². The van der Waals surface area contributed by atoms with Gasteiger partial charge in [0.2, 0.25) is 5.91 Å². The van der Waals surface area contributed by atoms with E-state index in [0.717, 1.165) is 54.8 Å². The van der Waals surface area contributed by atoms with Crippen LogP contribution in [0.1, 0.15) is 75.0 Å². The van der Waals surface area contributed by atoms with Gasteiger partial charge in [0.1, 0.15) is 16.7 Å². The van der Waals surface area contributed by atoms with Crippen LogP contribution in [0.2, 0.25) is 0 Å². The normalized spacial score (nSPS) is 14.7. The van der Waals surface area contributed by atoms with Gasteiger partial charge in [0, 0.05) is 11.7 Å². The second-order valence-corrected chi connectivity index (χ2v) is 10.2. The minimum atomic E-state index is -1.13. The number of nitrogen functional groups attached to an aromatic ring is 1. The lowest BCUT2D eigenvalue weighted by Gasteiger charge is -2.33. The molecule has 0 bridgehead atoms. The Morgan fingerprint density at radius 3 is 2.32 bits per heavy atom. The Hall–Kier alpha value is -3.79. The van der Waals surface area contributed by atoms with Gasteiger partial charge in [-0.05, 0) is 79.2 Å². The Kier molecular flexibility index (Phi) is 7.87. The highest BCUT2D eigenvalue weighted by Gasteiger charge is 2.37. The zero-order valence-corrected chi connectivity index (χ0v) is 21.6. The first-order chi connectivity index (χ1) is 17.7. The summed E-state index contributed by atoms with van der Waals surface area (Å²) in [7, 11) is 0. The fraction of sp³-hybridized carbons (Fsp3) is 0.333. The Balaban J connectivity index is 1.86. The highest BCUT2D eigenvalue weighted by Crippen LogP contribution is 2.34. The molecule has 194 valence electrons. The minimum absolute atomic E-state index is 0.00962. The van der Waals surface area contributed by atoms with Gasteiger partial charge < -0.3 is 16.8 Å². The average Bonchev–Trinajstić information content (AvgIpc) is 3.27. The molecule has 5 N–H and O–H groups in total. The fourth-order valence-electron chi connectivity index (χ4n) is 4.59. The van der Waals surface area contributed by atoms with E-state index in [4.69, 9.17) is 11.5 Å². The van der Waals surface area contributed by atoms with E-state index >= 15 is 0 Å². The van der Waals surface area contributed by atoms with Crippen LogP contribution < -0.4 is 21.7 Å². The van der Waals surface area contributed by atoms with Crippen LogP contribution in [0.3, 0.4) is 0 Å². The van der Waals surface area contributed by atoms with Gasteiger partial charge in [0.15, 0.2) is 5.69 Å². The van der Waals surface area contributed by atoms with Crippen molar-refractivity contribution in [2.45, 2.75) is 58.0 Å². The lowest BCUT2D eigenvalue weighted by atomic mass is 9.94. The summed E-state index contributed by atoms with van der Waals surface area (Å²) in [6.07, 6.45) is 4.85. The number of aromatic nitrogens is 1. The van der Waals surface area contributed by atoms with Crippen LogP contribution in [0, 0.1) is 19.7 Å². The van der Waals surface area contributed by atoms with Gasteiger partial charge in [-0.15, -0.1) is 0 Å². The van der Waals surface area contributed by atoms with Crippen LogP contribution in [0.4, 0.5) is 15.8 Å². The Morgan fingerprint density at radius 2 is 1.73 bits per heavy atom. The summed E-state index contributed by atoms with van der Waals surface area (Å²) in [5.41, 5.74) is 14.0. The molecule has 0 aliphatic heterocycles. The molecule has 1 fully saturated rings. The van der Waals surface area contributed by atoms with E-state index in [2.05, 4.69) is 9.69 Å². The number of nitrogens with two attached hydrogens (primary N) is 2. The first-order valence-electron chi connectivity index (χ1n) is 12.2. The number of amides is 3. The number of hydrogen-bond donors (Lipinski definition) is 3. The summed E-state index contributed by atoms with van der Waals surface area (Å²) in [4.78, 5) is 41.1. The van der Waals surface area contributed by atoms with Crippen LogP contribution in [-0.2, 0) is 4.79 Å². The fourth-order valence-corrected chi connectivity index (χ4v) is 5.33. The van der Waals surface area contributed by atoms with Gasteiger partial charge in [0.25, 0.3) is 11.8 Å². The minimum Gasteiger partial charge on any atom is -0.395 e. The molecule has 1 aromatic heterocycles. The third-order valence-electron chi connectivity index (χ3n) is 6.79. The number of rotatable bonds is 7. The van der Waals surface area contributed by atoms with Gasteiger partial charge in [-0.1, -0.05) is 37.5 Å². The monoisotopic (exact) mass is 523 g/mol. The van der Waals surface area contributed by atoms with E-state index in [-0.39, 0.29) is 28.2 Å². The lowest BCUT2D eigenvalue weighted by molar-refractivity contribution is -0.123. The van der Waals surface area contributed by atoms with E-state index in [1.54, 1.807) is 6.07 Å². The predicted molar refractivity (Wildman–Crippen MR) is 142 cm³/mol. The summed E-state index contributed by atoms with van der Waals surface area (Å²) >= 11 is 0.747. The highest BCUT2D eigenvalue weighted by atomic mass is 32.1. The summed E-state index contributed by atoms with van der Waals surface area (Å²) in [5, 5.41) is 3.11. The van der Waals surface area contributed by atoms with Crippen molar-refractivity contribution in [2.75, 3.05) is 10.6 Å². The number of carbonyl (C=O) groups is 3. The van der Waals surface area contributed by atoms with Crippen molar-refractivity contribution < 1.29 is 18.8 Å². The zero-order valence-electron chi connectivity index (χ0n) is 20.8. The number of benzene rings is 2. The summed E-state index contributed by atoms with van der Waals surface area (Å²) in [6, 6.07) is 9.76. The summed E-state index contributed by atoms with van der Waals surface area (Å²) in [6.45, 7) is 3.85. The van der Waals surface area contributed by atoms with Crippen molar-refractivity contribution in [3.8, 4) is 0 Å². The second kappa shape index (κ2) is 11.1. The number of carbonyl (C=O) groups excluding carboxylic acids is 3. The molecule has 0 unspecified atom stereocenters. The molecule has 0 radical (unpaired) electrons. The molecule has 4 rings (SSSR count). The zero-order chi connectivity index (χ0) is 26.7. The largest absolute Gasteiger partial charge is 0.395 e. The van der Waals surface area contributed by atoms with E-state index in [1.807, 2.05) is 26.0 Å². The van der Waals surface area contributed by atoms with Gasteiger partial charge in [-0.25, -0.2) is 4.39 Å². The molecule has 3 amide bonds. The number of aryl methyl sites for hydroxylation is 2. The van der Waals surface area contributed by atoms with Crippen molar-refractivity contribution >= 4 is 40.6 Å². The number of primary amides is 1. The molecular formula is C27H30FN5O3S. The Labute approximate surface area is 219 Å². The molecule has 2 aromatic carbocycles. The molecule has 1 atom stereocenters. The number of nitrogens with zero attached hydrogens (tertiary/aromatic N) is 2. The molecule has 37 heavy (non-hydrogen) atoms. The molecule has 1 aliphatic carbocycles. The molecule has 0 saturated heterocycles. The molecule has 1 heterocycles. The number of nitrogens with one attached hydrogen (secondary N) is 1. The standard InChI is InChI=1S/C27H30FN5O3S/c1-15-8-13-20(14-16(15)2)33(27(36)24-21(29)22(25(30)34)32-37-24)23(17-9-11-18(28)12-10-17)26(35)31-19-6-4-3-5-7-19/h8-14,19,23H,3-7,29H2,1-2H3,(H2,30,34)(H,31,35)/t23-/m0/s1. The molecule has 8 nitrogen and oxygen atoms in total. The van der Waals surface area contributed by atoms with Crippen molar-refractivity contribution in [2.24, 2.45) is 5.73 Å². The van der Waals surface area contributed by atoms with Crippen LogP contribution in [-0.4, -0.2) is 28.1 Å². The number of halogens is 1. The third kappa shape index (κ3) is 5.64. The maximum atomic E-state index is 14.1. The first kappa shape index (κ1) is 26.3. The number of anilines is 2. The average molecular weight is 524 g/mol. The summed E-state index contributed by atoms with van der Waals surface area (Å²) < 4.78 is 17.8. The van der Waals surface area contributed by atoms with Crippen molar-refractivity contribution in [3.63, 3.8) is 0 Å². The lowest BCUT2D eigenvalue weighted by Crippen LogP contribution is -2.47. The van der Waals surface area contributed by atoms with Crippen molar-refractivity contribution in [1.82, 2.24) is 9.69 Å². The maximum Gasteiger partial charge on any atom is 0.273 e. The Morgan fingerprint density at radius 1 is 1.05 bits per heavy atom. The molecule has 0 spiro atoms. The maximum absolute atomic E-state index is 14.1. The third-order valence-corrected chi connectivity index (χ3v) is 7.64. The molecule has 1 aliphatic rings. The van der Waals surface area contributed by atoms with E-state index < -0.39 is 23.7 Å². The van der Waals surface area contributed by atoms with Crippen LogP contribution >= 0.6 is 11.5 Å². The summed E-state index contributed by atoms with van der Waals surface area (Å²) in [5.74, 6) is -2.31. The number of hydrogen-bond acceptors (Lipinski definition) is 6. The second-order valence-electron chi connectivity index (χ2n) is 9.38. The topological polar surface area (TPSA) is 131 Å².